The molecule has 0 saturated heterocycles. The molecule has 0 aliphatic rings. The summed E-state index contributed by atoms with van der Waals surface area (Å²) in [5.74, 6) is -3.52. The lowest BCUT2D eigenvalue weighted by molar-refractivity contribution is 0.102. The second-order valence-electron chi connectivity index (χ2n) is 4.63. The average Bonchev–Trinajstić information content (AvgIpc) is 2.41. The van der Waals surface area contributed by atoms with Crippen molar-refractivity contribution in [3.63, 3.8) is 0 Å². The molecule has 0 saturated carbocycles. The predicted molar refractivity (Wildman–Crippen MR) is 73.9 cm³/mol. The quantitative estimate of drug-likeness (QED) is 0.816. The number of halogens is 2. The molecular weight excluding hydrogens is 298 g/mol. The number of hydrogen-bond acceptors (Lipinski definition) is 3. The second-order valence-corrected chi connectivity index (χ2v) is 6.58. The summed E-state index contributed by atoms with van der Waals surface area (Å²) in [7, 11) is -4.24. The Hall–Kier alpha value is -2.08. The monoisotopic (exact) mass is 310 g/mol. The van der Waals surface area contributed by atoms with Crippen molar-refractivity contribution >= 4 is 15.6 Å². The van der Waals surface area contributed by atoms with Crippen molar-refractivity contribution in [2.24, 2.45) is 0 Å². The van der Waals surface area contributed by atoms with E-state index in [1.807, 2.05) is 0 Å². The van der Waals surface area contributed by atoms with Gasteiger partial charge < -0.3 is 0 Å². The van der Waals surface area contributed by atoms with Crippen molar-refractivity contribution in [1.82, 2.24) is 0 Å². The molecule has 2 aromatic carbocycles. The Kier molecular flexibility index (Phi) is 4.18. The number of Topliss-reactive ketones (excluding diaryl/α,β-unsaturated/α-hetero) is 1. The first kappa shape index (κ1) is 15.3. The highest BCUT2D eigenvalue weighted by molar-refractivity contribution is 7.92. The summed E-state index contributed by atoms with van der Waals surface area (Å²) in [6, 6.07) is 8.52. The van der Waals surface area contributed by atoms with E-state index in [4.69, 9.17) is 0 Å². The minimum absolute atomic E-state index is 0.218. The van der Waals surface area contributed by atoms with Crippen LogP contribution in [0.15, 0.2) is 47.4 Å². The van der Waals surface area contributed by atoms with Crippen LogP contribution >= 0.6 is 0 Å². The first-order valence-electron chi connectivity index (χ1n) is 6.07. The van der Waals surface area contributed by atoms with Gasteiger partial charge in [0.15, 0.2) is 15.6 Å². The summed E-state index contributed by atoms with van der Waals surface area (Å²) in [6.45, 7) is 1.76. The van der Waals surface area contributed by atoms with Gasteiger partial charge in [-0.2, -0.15) is 0 Å². The maximum Gasteiger partial charge on any atom is 0.188 e. The lowest BCUT2D eigenvalue weighted by atomic mass is 10.1. The van der Waals surface area contributed by atoms with Gasteiger partial charge in [0.05, 0.1) is 0 Å². The van der Waals surface area contributed by atoms with Gasteiger partial charge >= 0.3 is 0 Å². The minimum Gasteiger partial charge on any atom is -0.293 e. The van der Waals surface area contributed by atoms with Gasteiger partial charge in [0.2, 0.25) is 0 Å². The number of benzene rings is 2. The average molecular weight is 310 g/mol. The van der Waals surface area contributed by atoms with Crippen LogP contribution in [0.2, 0.25) is 0 Å². The number of carbonyl (C=O) groups is 1. The fourth-order valence-corrected chi connectivity index (χ4v) is 3.19. The molecule has 0 aliphatic carbocycles. The molecule has 0 amide bonds. The molecule has 0 radical (unpaired) electrons. The number of carbonyl (C=O) groups excluding carboxylic acids is 1. The van der Waals surface area contributed by atoms with E-state index in [1.54, 1.807) is 25.1 Å². The Bertz CT molecular complexity index is 798. The molecule has 0 aromatic heterocycles. The zero-order valence-electron chi connectivity index (χ0n) is 11.1. The SMILES string of the molecule is Cc1cccc(C(=O)CS(=O)(=O)c2cc(F)ccc2F)c1. The molecule has 110 valence electrons. The summed E-state index contributed by atoms with van der Waals surface area (Å²) < 4.78 is 50.7. The van der Waals surface area contributed by atoms with E-state index in [1.165, 1.54) is 6.07 Å². The first-order chi connectivity index (χ1) is 9.79. The third-order valence-electron chi connectivity index (χ3n) is 2.89. The van der Waals surface area contributed by atoms with Crippen LogP contribution in [0.4, 0.5) is 8.78 Å². The summed E-state index contributed by atoms with van der Waals surface area (Å²) in [4.78, 5) is 11.2. The van der Waals surface area contributed by atoms with Gasteiger partial charge in [-0.05, 0) is 31.2 Å². The van der Waals surface area contributed by atoms with Crippen LogP contribution in [0.1, 0.15) is 15.9 Å². The molecule has 0 atom stereocenters. The standard InChI is InChI=1S/C15H12F2O3S/c1-10-3-2-4-11(7-10)14(18)9-21(19,20)15-8-12(16)5-6-13(15)17/h2-8H,9H2,1H3. The van der Waals surface area contributed by atoms with Crippen LogP contribution in [0.25, 0.3) is 0 Å². The molecule has 0 bridgehead atoms. The fraction of sp³-hybridized carbons (Fsp3) is 0.133. The van der Waals surface area contributed by atoms with E-state index in [-0.39, 0.29) is 5.56 Å². The third kappa shape index (κ3) is 3.52. The summed E-state index contributed by atoms with van der Waals surface area (Å²) in [5, 5.41) is 0. The normalized spacial score (nSPS) is 11.4. The Balaban J connectivity index is 2.33. The van der Waals surface area contributed by atoms with Crippen molar-refractivity contribution in [2.45, 2.75) is 11.8 Å². The smallest absolute Gasteiger partial charge is 0.188 e. The van der Waals surface area contributed by atoms with Crippen molar-refractivity contribution in [3.05, 3.63) is 65.2 Å². The molecule has 0 unspecified atom stereocenters. The van der Waals surface area contributed by atoms with Gasteiger partial charge in [0.25, 0.3) is 0 Å². The van der Waals surface area contributed by atoms with Crippen LogP contribution in [-0.4, -0.2) is 20.0 Å². The Morgan fingerprint density at radius 2 is 1.81 bits per heavy atom. The molecule has 0 N–H and O–H groups in total. The summed E-state index contributed by atoms with van der Waals surface area (Å²) >= 11 is 0. The fourth-order valence-electron chi connectivity index (χ4n) is 1.87. The topological polar surface area (TPSA) is 51.2 Å². The van der Waals surface area contributed by atoms with E-state index in [9.17, 15) is 22.0 Å². The van der Waals surface area contributed by atoms with Crippen LogP contribution < -0.4 is 0 Å². The van der Waals surface area contributed by atoms with Crippen LogP contribution in [0.3, 0.4) is 0 Å². The van der Waals surface area contributed by atoms with Crippen LogP contribution in [0, 0.1) is 18.6 Å². The molecule has 21 heavy (non-hydrogen) atoms. The van der Waals surface area contributed by atoms with Gasteiger partial charge in [-0.25, -0.2) is 17.2 Å². The maximum atomic E-state index is 13.5. The van der Waals surface area contributed by atoms with E-state index < -0.39 is 37.9 Å². The number of sulfone groups is 1. The van der Waals surface area contributed by atoms with E-state index >= 15 is 0 Å². The molecule has 6 heteroatoms. The molecule has 0 aliphatic heterocycles. The van der Waals surface area contributed by atoms with E-state index in [2.05, 4.69) is 0 Å². The van der Waals surface area contributed by atoms with E-state index in [0.717, 1.165) is 17.7 Å². The number of aryl methyl sites for hydroxylation is 1. The Morgan fingerprint density at radius 1 is 1.10 bits per heavy atom. The molecule has 0 fully saturated rings. The lowest BCUT2D eigenvalue weighted by Gasteiger charge is -2.06. The van der Waals surface area contributed by atoms with Crippen LogP contribution in [-0.2, 0) is 9.84 Å². The van der Waals surface area contributed by atoms with Gasteiger partial charge in [0.1, 0.15) is 22.3 Å². The highest BCUT2D eigenvalue weighted by atomic mass is 32.2. The van der Waals surface area contributed by atoms with Gasteiger partial charge in [0, 0.05) is 5.56 Å². The van der Waals surface area contributed by atoms with Crippen molar-refractivity contribution in [2.75, 3.05) is 5.75 Å². The highest BCUT2D eigenvalue weighted by Crippen LogP contribution is 2.18. The summed E-state index contributed by atoms with van der Waals surface area (Å²) in [6.07, 6.45) is 0. The molecule has 2 rings (SSSR count). The lowest BCUT2D eigenvalue weighted by Crippen LogP contribution is -2.17. The molecule has 2 aromatic rings. The third-order valence-corrected chi connectivity index (χ3v) is 4.51. The molecule has 3 nitrogen and oxygen atoms in total. The van der Waals surface area contributed by atoms with Gasteiger partial charge in [-0.1, -0.05) is 23.8 Å². The zero-order chi connectivity index (χ0) is 15.6. The van der Waals surface area contributed by atoms with E-state index in [0.29, 0.717) is 6.07 Å². The number of rotatable bonds is 4. The highest BCUT2D eigenvalue weighted by Gasteiger charge is 2.24. The van der Waals surface area contributed by atoms with Crippen molar-refractivity contribution < 1.29 is 22.0 Å². The minimum atomic E-state index is -4.24. The van der Waals surface area contributed by atoms with Crippen LogP contribution in [0.5, 0.6) is 0 Å². The largest absolute Gasteiger partial charge is 0.293 e. The van der Waals surface area contributed by atoms with Gasteiger partial charge in [-0.3, -0.25) is 4.79 Å². The first-order valence-corrected chi connectivity index (χ1v) is 7.72. The predicted octanol–water partition coefficient (Wildman–Crippen LogP) is 2.93. The molecular formula is C15H12F2O3S. The Labute approximate surface area is 121 Å². The summed E-state index contributed by atoms with van der Waals surface area (Å²) in [5.41, 5.74) is 1.02. The van der Waals surface area contributed by atoms with Crippen molar-refractivity contribution in [3.8, 4) is 0 Å². The molecule has 0 heterocycles. The number of hydrogen-bond donors (Lipinski definition) is 0. The van der Waals surface area contributed by atoms with Gasteiger partial charge in [-0.15, -0.1) is 0 Å². The molecule has 0 spiro atoms. The zero-order valence-corrected chi connectivity index (χ0v) is 12.0. The Morgan fingerprint density at radius 3 is 2.48 bits per heavy atom. The number of ketones is 1. The maximum absolute atomic E-state index is 13.5. The van der Waals surface area contributed by atoms with Crippen molar-refractivity contribution in [1.29, 1.82) is 0 Å². The second kappa shape index (κ2) is 5.73.